The molecular weight excluding hydrogens is 459 g/mol. The van der Waals surface area contributed by atoms with Crippen molar-refractivity contribution in [2.45, 2.75) is 19.4 Å². The lowest BCUT2D eigenvalue weighted by molar-refractivity contribution is -0.150. The van der Waals surface area contributed by atoms with Gasteiger partial charge in [-0.3, -0.25) is 9.78 Å². The van der Waals surface area contributed by atoms with E-state index in [4.69, 9.17) is 4.74 Å². The van der Waals surface area contributed by atoms with Crippen molar-refractivity contribution in [3.8, 4) is 0 Å². The molecule has 10 heteroatoms. The predicted octanol–water partition coefficient (Wildman–Crippen LogP) is 4.17. The van der Waals surface area contributed by atoms with E-state index in [-0.39, 0.29) is 17.4 Å². The summed E-state index contributed by atoms with van der Waals surface area (Å²) in [7, 11) is 0. The largest absolute Gasteiger partial charge is 0.380 e. The maximum absolute atomic E-state index is 14.7. The van der Waals surface area contributed by atoms with Crippen LogP contribution >= 0.6 is 0 Å². The maximum atomic E-state index is 14.7. The van der Waals surface area contributed by atoms with Gasteiger partial charge in [-0.2, -0.15) is 0 Å². The number of ether oxygens (including phenoxy) is 1. The van der Waals surface area contributed by atoms with E-state index in [1.54, 1.807) is 25.4 Å². The van der Waals surface area contributed by atoms with Crippen LogP contribution in [0.3, 0.4) is 0 Å². The Bertz CT molecular complexity index is 1230. The summed E-state index contributed by atoms with van der Waals surface area (Å²) in [5.41, 5.74) is 0.919. The van der Waals surface area contributed by atoms with Crippen LogP contribution in [0.2, 0.25) is 0 Å². The number of hydrogen-bond acceptors (Lipinski definition) is 6. The number of hydrogen-bond donors (Lipinski definition) is 1. The molecule has 0 saturated carbocycles. The number of amides is 1. The number of pyridine rings is 2. The smallest absolute Gasteiger partial charge is 0.266 e. The molecule has 0 bridgehead atoms. The van der Waals surface area contributed by atoms with E-state index in [0.29, 0.717) is 50.6 Å². The molecule has 4 heterocycles. The van der Waals surface area contributed by atoms with Crippen LogP contribution in [0, 0.1) is 11.7 Å². The molecule has 3 aromatic rings. The molecule has 2 aliphatic heterocycles. The minimum Gasteiger partial charge on any atom is -0.380 e. The summed E-state index contributed by atoms with van der Waals surface area (Å²) < 4.78 is 46.1. The number of aromatic nitrogens is 2. The van der Waals surface area contributed by atoms with E-state index in [9.17, 15) is 18.0 Å². The van der Waals surface area contributed by atoms with Gasteiger partial charge in [0.1, 0.15) is 11.6 Å². The van der Waals surface area contributed by atoms with Crippen LogP contribution in [-0.2, 0) is 9.53 Å². The molecule has 1 aromatic carbocycles. The third-order valence-corrected chi connectivity index (χ3v) is 6.65. The molecule has 1 amide bonds. The third-order valence-electron chi connectivity index (χ3n) is 6.65. The van der Waals surface area contributed by atoms with Crippen molar-refractivity contribution in [1.82, 2.24) is 14.9 Å². The van der Waals surface area contributed by atoms with E-state index >= 15 is 0 Å². The number of anilines is 2. The summed E-state index contributed by atoms with van der Waals surface area (Å²) in [5.74, 6) is -0.0151. The second-order valence-corrected chi connectivity index (χ2v) is 8.88. The lowest BCUT2D eigenvalue weighted by Crippen LogP contribution is -2.53. The molecule has 0 spiro atoms. The summed E-state index contributed by atoms with van der Waals surface area (Å²) in [6.07, 6.45) is 0.427. The molecular formula is C25H26F3N5O2. The lowest BCUT2D eigenvalue weighted by Gasteiger charge is -2.38. The fourth-order valence-corrected chi connectivity index (χ4v) is 4.51. The Labute approximate surface area is 200 Å². The van der Waals surface area contributed by atoms with Crippen molar-refractivity contribution < 1.29 is 22.7 Å². The van der Waals surface area contributed by atoms with Gasteiger partial charge in [0, 0.05) is 49.0 Å². The van der Waals surface area contributed by atoms with E-state index in [1.807, 2.05) is 11.0 Å². The van der Waals surface area contributed by atoms with Gasteiger partial charge in [0.2, 0.25) is 5.91 Å². The summed E-state index contributed by atoms with van der Waals surface area (Å²) in [6, 6.07) is 7.18. The summed E-state index contributed by atoms with van der Waals surface area (Å²) in [6.45, 7) is 5.27. The highest BCUT2D eigenvalue weighted by molar-refractivity contribution is 5.92. The van der Waals surface area contributed by atoms with Crippen LogP contribution in [0.25, 0.3) is 10.9 Å². The number of carbonyl (C=O) groups is 1. The van der Waals surface area contributed by atoms with Crippen LogP contribution in [0.1, 0.15) is 30.5 Å². The number of alkyl halides is 2. The monoisotopic (exact) mass is 485 g/mol. The lowest BCUT2D eigenvalue weighted by atomic mass is 10.0. The van der Waals surface area contributed by atoms with E-state index in [0.717, 1.165) is 17.3 Å². The highest BCUT2D eigenvalue weighted by Gasteiger charge is 2.32. The zero-order valence-electron chi connectivity index (χ0n) is 19.3. The summed E-state index contributed by atoms with van der Waals surface area (Å²) in [5, 5.41) is 4.04. The second-order valence-electron chi connectivity index (χ2n) is 8.88. The number of rotatable bonds is 6. The van der Waals surface area contributed by atoms with Gasteiger partial charge < -0.3 is 19.9 Å². The third kappa shape index (κ3) is 4.62. The molecule has 2 aromatic heterocycles. The van der Waals surface area contributed by atoms with Gasteiger partial charge in [-0.1, -0.05) is 18.2 Å². The van der Waals surface area contributed by atoms with Crippen molar-refractivity contribution >= 4 is 28.3 Å². The second kappa shape index (κ2) is 9.69. The Morgan fingerprint density at radius 3 is 2.54 bits per heavy atom. The highest BCUT2D eigenvalue weighted by atomic mass is 19.3. The Morgan fingerprint density at radius 1 is 1.11 bits per heavy atom. The summed E-state index contributed by atoms with van der Waals surface area (Å²) >= 11 is 0. The van der Waals surface area contributed by atoms with Gasteiger partial charge >= 0.3 is 0 Å². The number of nitrogens with one attached hydrogen (secondary N) is 1. The molecule has 0 radical (unpaired) electrons. The average molecular weight is 486 g/mol. The van der Waals surface area contributed by atoms with Gasteiger partial charge in [0.05, 0.1) is 42.5 Å². The number of fused-ring (bicyclic) bond motifs is 1. The predicted molar refractivity (Wildman–Crippen MR) is 126 cm³/mol. The van der Waals surface area contributed by atoms with Gasteiger partial charge in [-0.25, -0.2) is 18.2 Å². The zero-order chi connectivity index (χ0) is 24.5. The fourth-order valence-electron chi connectivity index (χ4n) is 4.51. The van der Waals surface area contributed by atoms with Crippen LogP contribution < -0.4 is 10.2 Å². The fraction of sp³-hybridized carbons (Fsp3) is 0.400. The minimum atomic E-state index is -2.88. The minimum absolute atomic E-state index is 0.0201. The number of benzene rings is 1. The molecule has 1 N–H and O–H groups in total. The quantitative estimate of drug-likeness (QED) is 0.565. The Balaban J connectivity index is 1.34. The molecule has 5 rings (SSSR count). The molecule has 35 heavy (non-hydrogen) atoms. The molecule has 7 nitrogen and oxygen atoms in total. The zero-order valence-corrected chi connectivity index (χ0v) is 19.3. The Hall–Kier alpha value is -3.40. The van der Waals surface area contributed by atoms with E-state index in [2.05, 4.69) is 20.2 Å². The summed E-state index contributed by atoms with van der Waals surface area (Å²) in [4.78, 5) is 25.4. The first-order chi connectivity index (χ1) is 16.9. The first-order valence-corrected chi connectivity index (χ1v) is 11.6. The standard InChI is InChI=1S/C25H26F3N5O2/c1-15(17-3-2-4-18(23(17)26)24(27)28)31-20-5-6-29-21-12-30-22(11-19(20)21)32-7-9-33(10-8-32)25(34)16-13-35-14-16/h2-6,11-12,15-16,24H,7-10,13-14H2,1H3,(H,29,31)/t15-/m1/s1. The van der Waals surface area contributed by atoms with Gasteiger partial charge in [-0.05, 0) is 19.1 Å². The molecule has 2 saturated heterocycles. The van der Waals surface area contributed by atoms with Crippen molar-refractivity contribution in [1.29, 1.82) is 0 Å². The average Bonchev–Trinajstić information content (AvgIpc) is 2.83. The van der Waals surface area contributed by atoms with Crippen molar-refractivity contribution in [3.63, 3.8) is 0 Å². The molecule has 0 aliphatic carbocycles. The Morgan fingerprint density at radius 2 is 1.86 bits per heavy atom. The normalized spacial score (nSPS) is 17.5. The molecule has 2 aliphatic rings. The number of halogens is 3. The van der Waals surface area contributed by atoms with Crippen LogP contribution in [0.4, 0.5) is 24.7 Å². The SMILES string of the molecule is C[C@@H](Nc1ccnc2cnc(N3CCN(C(=O)C4COC4)CC3)cc12)c1cccc(C(F)F)c1F. The molecule has 0 unspecified atom stereocenters. The number of carbonyl (C=O) groups excluding carboxylic acids is 1. The van der Waals surface area contributed by atoms with E-state index < -0.39 is 23.8 Å². The van der Waals surface area contributed by atoms with Crippen molar-refractivity contribution in [2.75, 3.05) is 49.6 Å². The highest BCUT2D eigenvalue weighted by Crippen LogP contribution is 2.32. The van der Waals surface area contributed by atoms with Gasteiger partial charge in [0.25, 0.3) is 6.43 Å². The molecule has 184 valence electrons. The first-order valence-electron chi connectivity index (χ1n) is 11.6. The van der Waals surface area contributed by atoms with Gasteiger partial charge in [0.15, 0.2) is 0 Å². The van der Waals surface area contributed by atoms with Gasteiger partial charge in [-0.15, -0.1) is 0 Å². The Kier molecular flexibility index (Phi) is 6.46. The molecule has 1 atom stereocenters. The van der Waals surface area contributed by atoms with Crippen molar-refractivity contribution in [3.05, 3.63) is 59.7 Å². The first kappa shape index (κ1) is 23.3. The number of piperazine rings is 1. The van der Waals surface area contributed by atoms with E-state index in [1.165, 1.54) is 12.1 Å². The van der Waals surface area contributed by atoms with Crippen LogP contribution in [0.5, 0.6) is 0 Å². The topological polar surface area (TPSA) is 70.6 Å². The van der Waals surface area contributed by atoms with Crippen LogP contribution in [-0.4, -0.2) is 60.2 Å². The van der Waals surface area contributed by atoms with Crippen molar-refractivity contribution in [2.24, 2.45) is 5.92 Å². The molecule has 2 fully saturated rings. The number of nitrogens with zero attached hydrogens (tertiary/aromatic N) is 4. The van der Waals surface area contributed by atoms with Crippen LogP contribution in [0.15, 0.2) is 42.7 Å². The maximum Gasteiger partial charge on any atom is 0.266 e.